The molecule has 1 aromatic heterocycles. The summed E-state index contributed by atoms with van der Waals surface area (Å²) in [6, 6.07) is 0. The Bertz CT molecular complexity index is 227. The van der Waals surface area contributed by atoms with E-state index in [1.807, 2.05) is 6.26 Å². The highest BCUT2D eigenvalue weighted by atomic mass is 19.4. The second-order valence-electron chi connectivity index (χ2n) is 1.70. The topological polar surface area (TPSA) is 26.0 Å². The monoisotopic (exact) mass is 150 g/mol. The van der Waals surface area contributed by atoms with Crippen molar-refractivity contribution in [2.45, 2.75) is 13.1 Å². The van der Waals surface area contributed by atoms with Gasteiger partial charge in [0.2, 0.25) is 0 Å². The van der Waals surface area contributed by atoms with Crippen molar-refractivity contribution in [3.63, 3.8) is 0 Å². The molecule has 10 heavy (non-hydrogen) atoms. The predicted molar refractivity (Wildman–Crippen MR) is 25.1 cm³/mol. The Morgan fingerprint density at radius 3 is 2.30 bits per heavy atom. The van der Waals surface area contributed by atoms with Crippen molar-refractivity contribution in [1.82, 2.24) is 4.98 Å². The molecular weight excluding hydrogens is 147 g/mol. The predicted octanol–water partition coefficient (Wildman–Crippen LogP) is 1.80. The summed E-state index contributed by atoms with van der Waals surface area (Å²) in [5, 5.41) is 0. The molecule has 1 rings (SSSR count). The van der Waals surface area contributed by atoms with Gasteiger partial charge in [-0.2, -0.15) is 13.2 Å². The van der Waals surface area contributed by atoms with E-state index in [2.05, 4.69) is 9.40 Å². The molecule has 0 saturated heterocycles. The molecule has 55 valence electrons. The first-order chi connectivity index (χ1) is 4.50. The summed E-state index contributed by atoms with van der Waals surface area (Å²) < 4.78 is 38.8. The van der Waals surface area contributed by atoms with E-state index in [-0.39, 0.29) is 5.69 Å². The number of alkyl halides is 3. The van der Waals surface area contributed by atoms with Crippen molar-refractivity contribution in [1.29, 1.82) is 0 Å². The first-order valence-electron chi connectivity index (χ1n) is 2.42. The van der Waals surface area contributed by atoms with Crippen LogP contribution in [-0.4, -0.2) is 4.98 Å². The highest BCUT2D eigenvalue weighted by Gasteiger charge is 2.36. The number of aromatic nitrogens is 1. The highest BCUT2D eigenvalue weighted by molar-refractivity contribution is 4.93. The Kier molecular flexibility index (Phi) is 1.42. The molecule has 1 heterocycles. The summed E-state index contributed by atoms with van der Waals surface area (Å²) in [5.74, 6) is -1.25. The van der Waals surface area contributed by atoms with Gasteiger partial charge in [0.1, 0.15) is 0 Å². The summed E-state index contributed by atoms with van der Waals surface area (Å²) in [7, 11) is 0. The van der Waals surface area contributed by atoms with Crippen LogP contribution in [0.4, 0.5) is 13.2 Å². The maximum Gasteiger partial charge on any atom is 0.468 e. The summed E-state index contributed by atoms with van der Waals surface area (Å²) in [5.41, 5.74) is 0.104. The number of nitrogens with zero attached hydrogens (tertiary/aromatic N) is 1. The molecule has 1 radical (unpaired) electrons. The van der Waals surface area contributed by atoms with E-state index in [0.717, 1.165) is 0 Å². The zero-order valence-electron chi connectivity index (χ0n) is 4.99. The molecule has 0 aromatic carbocycles. The molecule has 2 nitrogen and oxygen atoms in total. The largest absolute Gasteiger partial charge is 0.468 e. The van der Waals surface area contributed by atoms with Crippen molar-refractivity contribution >= 4 is 0 Å². The van der Waals surface area contributed by atoms with E-state index in [9.17, 15) is 13.2 Å². The molecule has 0 N–H and O–H groups in total. The van der Waals surface area contributed by atoms with Crippen LogP contribution in [0.2, 0.25) is 0 Å². The minimum atomic E-state index is -4.50. The molecule has 0 saturated carbocycles. The molecule has 0 amide bonds. The van der Waals surface area contributed by atoms with Gasteiger partial charge in [0.15, 0.2) is 6.26 Å². The van der Waals surface area contributed by atoms with Crippen molar-refractivity contribution < 1.29 is 17.6 Å². The fourth-order valence-corrected chi connectivity index (χ4v) is 0.441. The number of rotatable bonds is 0. The van der Waals surface area contributed by atoms with Crippen LogP contribution in [0.15, 0.2) is 4.42 Å². The molecule has 5 heteroatoms. The zero-order chi connectivity index (χ0) is 7.78. The lowest BCUT2D eigenvalue weighted by Crippen LogP contribution is -2.04. The Labute approximate surface area is 54.7 Å². The van der Waals surface area contributed by atoms with Crippen LogP contribution >= 0.6 is 0 Å². The molecule has 0 unspecified atom stereocenters. The van der Waals surface area contributed by atoms with Crippen molar-refractivity contribution in [2.24, 2.45) is 0 Å². The normalized spacial score (nSPS) is 12.0. The number of halogens is 3. The van der Waals surface area contributed by atoms with E-state index in [1.165, 1.54) is 6.92 Å². The maximum atomic E-state index is 11.6. The van der Waals surface area contributed by atoms with Gasteiger partial charge in [0.25, 0.3) is 0 Å². The second-order valence-corrected chi connectivity index (χ2v) is 1.70. The standard InChI is InChI=1S/C5H3F3NO/c1-3-2-10-4(9-3)5(6,7)8/h1H3. The fourth-order valence-electron chi connectivity index (χ4n) is 0.441. The van der Waals surface area contributed by atoms with Gasteiger partial charge in [-0.1, -0.05) is 0 Å². The molecule has 0 aliphatic rings. The third-order valence-corrected chi connectivity index (χ3v) is 0.807. The van der Waals surface area contributed by atoms with Crippen molar-refractivity contribution in [2.75, 3.05) is 0 Å². The lowest BCUT2D eigenvalue weighted by atomic mass is 10.6. The first-order valence-corrected chi connectivity index (χ1v) is 2.42. The van der Waals surface area contributed by atoms with Crippen LogP contribution in [0, 0.1) is 13.2 Å². The Morgan fingerprint density at radius 1 is 1.50 bits per heavy atom. The van der Waals surface area contributed by atoms with Crippen LogP contribution in [-0.2, 0) is 6.18 Å². The van der Waals surface area contributed by atoms with Crippen LogP contribution in [0.1, 0.15) is 11.6 Å². The Morgan fingerprint density at radius 2 is 2.10 bits per heavy atom. The van der Waals surface area contributed by atoms with Gasteiger partial charge in [-0.05, 0) is 6.92 Å². The van der Waals surface area contributed by atoms with Gasteiger partial charge in [0, 0.05) is 0 Å². The maximum absolute atomic E-state index is 11.6. The number of oxazole rings is 1. The molecule has 0 atom stereocenters. The number of aryl methyl sites for hydroxylation is 1. The second kappa shape index (κ2) is 2.00. The summed E-state index contributed by atoms with van der Waals surface area (Å²) >= 11 is 0. The summed E-state index contributed by atoms with van der Waals surface area (Å²) in [4.78, 5) is 3.03. The SMILES string of the molecule is Cc1[c]oc(C(F)(F)F)n1. The van der Waals surface area contributed by atoms with Gasteiger partial charge in [0.05, 0.1) is 5.69 Å². The third-order valence-electron chi connectivity index (χ3n) is 0.807. The Balaban J connectivity index is 2.96. The molecule has 0 spiro atoms. The molecule has 0 aliphatic carbocycles. The van der Waals surface area contributed by atoms with E-state index >= 15 is 0 Å². The van der Waals surface area contributed by atoms with Gasteiger partial charge in [-0.25, -0.2) is 4.98 Å². The summed E-state index contributed by atoms with van der Waals surface area (Å²) in [6.45, 7) is 1.37. The van der Waals surface area contributed by atoms with Crippen molar-refractivity contribution in [3.05, 3.63) is 17.8 Å². The smallest absolute Gasteiger partial charge is 0.429 e. The van der Waals surface area contributed by atoms with Gasteiger partial charge in [-0.3, -0.25) is 0 Å². The van der Waals surface area contributed by atoms with E-state index in [4.69, 9.17) is 0 Å². The van der Waals surface area contributed by atoms with E-state index in [0.29, 0.717) is 0 Å². The minimum absolute atomic E-state index is 0.104. The minimum Gasteiger partial charge on any atom is -0.429 e. The summed E-state index contributed by atoms with van der Waals surface area (Å²) in [6.07, 6.45) is -2.53. The average Bonchev–Trinajstić information content (AvgIpc) is 2.11. The third kappa shape index (κ3) is 1.29. The lowest BCUT2D eigenvalue weighted by Gasteiger charge is -1.96. The van der Waals surface area contributed by atoms with Crippen molar-refractivity contribution in [3.8, 4) is 0 Å². The van der Waals surface area contributed by atoms with Crippen LogP contribution in [0.5, 0.6) is 0 Å². The fraction of sp³-hybridized carbons (Fsp3) is 0.400. The lowest BCUT2D eigenvalue weighted by molar-refractivity contribution is -0.157. The number of hydrogen-bond acceptors (Lipinski definition) is 2. The Hall–Kier alpha value is -1.00. The van der Waals surface area contributed by atoms with Crippen LogP contribution in [0.3, 0.4) is 0 Å². The molecule has 1 aromatic rings. The van der Waals surface area contributed by atoms with Crippen LogP contribution in [0.25, 0.3) is 0 Å². The highest BCUT2D eigenvalue weighted by Crippen LogP contribution is 2.27. The van der Waals surface area contributed by atoms with Crippen LogP contribution < -0.4 is 0 Å². The molecule has 0 bridgehead atoms. The van der Waals surface area contributed by atoms with Gasteiger partial charge in [-0.15, -0.1) is 0 Å². The average molecular weight is 150 g/mol. The molecule has 0 aliphatic heterocycles. The number of hydrogen-bond donors (Lipinski definition) is 0. The van der Waals surface area contributed by atoms with E-state index < -0.39 is 12.1 Å². The van der Waals surface area contributed by atoms with Gasteiger partial charge < -0.3 is 4.42 Å². The molecular formula is C5H3F3NO. The molecule has 0 fully saturated rings. The first kappa shape index (κ1) is 7.11. The van der Waals surface area contributed by atoms with Gasteiger partial charge >= 0.3 is 12.1 Å². The quantitative estimate of drug-likeness (QED) is 0.563. The zero-order valence-corrected chi connectivity index (χ0v) is 4.99. The van der Waals surface area contributed by atoms with E-state index in [1.54, 1.807) is 0 Å².